The molecule has 3 aromatic rings. The SMILES string of the molecule is Cc1ccc([C@H]2C[C@@H]2COc2nc(C)ncc2-c2ccc(=O)n(C(C)C)c2)nc1. The third kappa shape index (κ3) is 4.21. The van der Waals surface area contributed by atoms with Crippen molar-refractivity contribution in [3.05, 3.63) is 70.3 Å². The smallest absolute Gasteiger partial charge is 0.250 e. The summed E-state index contributed by atoms with van der Waals surface area (Å²) in [5, 5.41) is 0. The normalized spacial score (nSPS) is 18.1. The molecule has 6 nitrogen and oxygen atoms in total. The molecule has 0 bridgehead atoms. The molecule has 150 valence electrons. The highest BCUT2D eigenvalue weighted by molar-refractivity contribution is 5.66. The van der Waals surface area contributed by atoms with Crippen LogP contribution < -0.4 is 10.3 Å². The molecule has 1 aliphatic rings. The summed E-state index contributed by atoms with van der Waals surface area (Å²) < 4.78 is 7.84. The van der Waals surface area contributed by atoms with Gasteiger partial charge < -0.3 is 9.30 Å². The Balaban J connectivity index is 1.53. The lowest BCUT2D eigenvalue weighted by atomic mass is 10.1. The van der Waals surface area contributed by atoms with Crippen LogP contribution in [0, 0.1) is 19.8 Å². The predicted octanol–water partition coefficient (Wildman–Crippen LogP) is 4.08. The maximum atomic E-state index is 12.1. The van der Waals surface area contributed by atoms with Gasteiger partial charge in [0.1, 0.15) is 5.82 Å². The fourth-order valence-electron chi connectivity index (χ4n) is 3.50. The number of ether oxygens (including phenoxy) is 1. The molecule has 1 saturated carbocycles. The van der Waals surface area contributed by atoms with Crippen molar-refractivity contribution in [2.45, 2.75) is 46.1 Å². The largest absolute Gasteiger partial charge is 0.477 e. The average Bonchev–Trinajstić information content (AvgIpc) is 3.47. The fourth-order valence-corrected chi connectivity index (χ4v) is 3.50. The summed E-state index contributed by atoms with van der Waals surface area (Å²) in [6, 6.07) is 7.67. The maximum absolute atomic E-state index is 12.1. The van der Waals surface area contributed by atoms with Gasteiger partial charge in [-0.3, -0.25) is 9.78 Å². The van der Waals surface area contributed by atoms with E-state index in [0.717, 1.165) is 23.2 Å². The van der Waals surface area contributed by atoms with Crippen molar-refractivity contribution in [2.24, 2.45) is 5.92 Å². The Morgan fingerprint density at radius 1 is 1.14 bits per heavy atom. The second-order valence-corrected chi connectivity index (χ2v) is 8.07. The molecule has 0 aliphatic heterocycles. The van der Waals surface area contributed by atoms with Gasteiger partial charge >= 0.3 is 0 Å². The van der Waals surface area contributed by atoms with Gasteiger partial charge in [-0.2, -0.15) is 4.98 Å². The molecule has 0 amide bonds. The van der Waals surface area contributed by atoms with E-state index < -0.39 is 0 Å². The molecule has 0 aromatic carbocycles. The van der Waals surface area contributed by atoms with Crippen molar-refractivity contribution in [3.63, 3.8) is 0 Å². The second kappa shape index (κ2) is 7.78. The van der Waals surface area contributed by atoms with E-state index in [4.69, 9.17) is 4.74 Å². The molecule has 3 aromatic heterocycles. The second-order valence-electron chi connectivity index (χ2n) is 8.07. The monoisotopic (exact) mass is 390 g/mol. The third-order valence-electron chi connectivity index (χ3n) is 5.35. The molecule has 2 atom stereocenters. The van der Waals surface area contributed by atoms with Crippen LogP contribution in [0.5, 0.6) is 5.88 Å². The van der Waals surface area contributed by atoms with Crippen molar-refractivity contribution in [3.8, 4) is 17.0 Å². The third-order valence-corrected chi connectivity index (χ3v) is 5.35. The van der Waals surface area contributed by atoms with Gasteiger partial charge in [0.05, 0.1) is 12.2 Å². The van der Waals surface area contributed by atoms with Crippen LogP contribution in [0.3, 0.4) is 0 Å². The first-order valence-electron chi connectivity index (χ1n) is 10.0. The highest BCUT2D eigenvalue weighted by atomic mass is 16.5. The van der Waals surface area contributed by atoms with Crippen molar-refractivity contribution >= 4 is 0 Å². The van der Waals surface area contributed by atoms with Crippen molar-refractivity contribution in [2.75, 3.05) is 6.61 Å². The van der Waals surface area contributed by atoms with E-state index in [9.17, 15) is 4.79 Å². The van der Waals surface area contributed by atoms with Gasteiger partial charge in [-0.15, -0.1) is 0 Å². The molecule has 29 heavy (non-hydrogen) atoms. The van der Waals surface area contributed by atoms with Crippen LogP contribution in [0.15, 0.2) is 47.7 Å². The summed E-state index contributed by atoms with van der Waals surface area (Å²) >= 11 is 0. The first kappa shape index (κ1) is 19.3. The van der Waals surface area contributed by atoms with E-state index in [1.165, 1.54) is 5.56 Å². The number of rotatable bonds is 6. The van der Waals surface area contributed by atoms with Crippen molar-refractivity contribution in [1.82, 2.24) is 19.5 Å². The number of hydrogen-bond acceptors (Lipinski definition) is 5. The molecule has 6 heteroatoms. The number of aromatic nitrogens is 4. The fraction of sp³-hybridized carbons (Fsp3) is 0.391. The van der Waals surface area contributed by atoms with E-state index in [1.54, 1.807) is 22.9 Å². The molecule has 0 unspecified atom stereocenters. The Labute approximate surface area is 170 Å². The van der Waals surface area contributed by atoms with Crippen LogP contribution >= 0.6 is 0 Å². The van der Waals surface area contributed by atoms with E-state index in [2.05, 4.69) is 27.1 Å². The Hall–Kier alpha value is -3.02. The van der Waals surface area contributed by atoms with E-state index in [-0.39, 0.29) is 11.6 Å². The minimum absolute atomic E-state index is 0.0225. The van der Waals surface area contributed by atoms with Gasteiger partial charge in [0, 0.05) is 53.8 Å². The van der Waals surface area contributed by atoms with Crippen LogP contribution in [-0.2, 0) is 0 Å². The van der Waals surface area contributed by atoms with Gasteiger partial charge in [-0.1, -0.05) is 6.07 Å². The molecule has 1 aliphatic carbocycles. The minimum atomic E-state index is -0.0225. The zero-order chi connectivity index (χ0) is 20.5. The van der Waals surface area contributed by atoms with E-state index in [1.807, 2.05) is 40.1 Å². The molecule has 0 N–H and O–H groups in total. The molecular formula is C23H26N4O2. The Bertz CT molecular complexity index is 1070. The molecule has 0 spiro atoms. The van der Waals surface area contributed by atoms with E-state index in [0.29, 0.717) is 30.1 Å². The molecule has 0 saturated heterocycles. The van der Waals surface area contributed by atoms with Crippen LogP contribution in [0.25, 0.3) is 11.1 Å². The first-order chi connectivity index (χ1) is 13.9. The highest BCUT2D eigenvalue weighted by Gasteiger charge is 2.40. The summed E-state index contributed by atoms with van der Waals surface area (Å²) in [5.74, 6) is 2.12. The summed E-state index contributed by atoms with van der Waals surface area (Å²) in [7, 11) is 0. The lowest BCUT2D eigenvalue weighted by Crippen LogP contribution is -2.20. The van der Waals surface area contributed by atoms with Gasteiger partial charge in [0.15, 0.2) is 0 Å². The summed E-state index contributed by atoms with van der Waals surface area (Å²) in [4.78, 5) is 25.5. The van der Waals surface area contributed by atoms with Crippen molar-refractivity contribution in [1.29, 1.82) is 0 Å². The molecular weight excluding hydrogens is 364 g/mol. The summed E-state index contributed by atoms with van der Waals surface area (Å²) in [5.41, 5.74) is 3.96. The minimum Gasteiger partial charge on any atom is -0.477 e. The quantitative estimate of drug-likeness (QED) is 0.634. The Morgan fingerprint density at radius 3 is 2.69 bits per heavy atom. The topological polar surface area (TPSA) is 69.9 Å². The Morgan fingerprint density at radius 2 is 1.97 bits per heavy atom. The van der Waals surface area contributed by atoms with Crippen molar-refractivity contribution < 1.29 is 4.74 Å². The summed E-state index contributed by atoms with van der Waals surface area (Å²) in [6.45, 7) is 8.46. The lowest BCUT2D eigenvalue weighted by Gasteiger charge is -2.14. The van der Waals surface area contributed by atoms with Crippen LogP contribution in [0.2, 0.25) is 0 Å². The number of pyridine rings is 2. The van der Waals surface area contributed by atoms with Crippen LogP contribution in [-0.4, -0.2) is 26.1 Å². The predicted molar refractivity (Wildman–Crippen MR) is 112 cm³/mol. The first-order valence-corrected chi connectivity index (χ1v) is 10.0. The van der Waals surface area contributed by atoms with Gasteiger partial charge in [-0.05, 0) is 51.8 Å². The number of hydrogen-bond donors (Lipinski definition) is 0. The van der Waals surface area contributed by atoms with Crippen LogP contribution in [0.4, 0.5) is 0 Å². The van der Waals surface area contributed by atoms with Gasteiger partial charge in [0.25, 0.3) is 5.56 Å². The molecule has 1 fully saturated rings. The number of nitrogens with zero attached hydrogens (tertiary/aromatic N) is 4. The number of aryl methyl sites for hydroxylation is 2. The van der Waals surface area contributed by atoms with E-state index >= 15 is 0 Å². The Kier molecular flexibility index (Phi) is 5.18. The lowest BCUT2D eigenvalue weighted by molar-refractivity contribution is 0.285. The average molecular weight is 390 g/mol. The van der Waals surface area contributed by atoms with Gasteiger partial charge in [-0.25, -0.2) is 4.98 Å². The molecule has 3 heterocycles. The molecule has 0 radical (unpaired) electrons. The molecule has 4 rings (SSSR count). The zero-order valence-electron chi connectivity index (χ0n) is 17.3. The van der Waals surface area contributed by atoms with Crippen LogP contribution in [0.1, 0.15) is 49.3 Å². The van der Waals surface area contributed by atoms with Gasteiger partial charge in [0.2, 0.25) is 5.88 Å². The zero-order valence-corrected chi connectivity index (χ0v) is 17.3. The standard InChI is InChI=1S/C23H26N4O2/c1-14(2)27-12-17(6-8-22(27)28)20-11-24-16(4)26-23(20)29-13-18-9-19(18)21-7-5-15(3)10-25-21/h5-8,10-12,14,18-19H,9,13H2,1-4H3/t18-,19+/m1/s1. The maximum Gasteiger partial charge on any atom is 0.250 e. The highest BCUT2D eigenvalue weighted by Crippen LogP contribution is 2.47. The summed E-state index contributed by atoms with van der Waals surface area (Å²) in [6.07, 6.45) is 6.62.